The molecule has 2 saturated heterocycles. The normalized spacial score (nSPS) is 19.6. The molecule has 2 amide bonds. The molecule has 1 unspecified atom stereocenters. The van der Waals surface area contributed by atoms with Gasteiger partial charge in [0.15, 0.2) is 0 Å². The van der Waals surface area contributed by atoms with E-state index in [1.165, 1.54) is 30.0 Å². The van der Waals surface area contributed by atoms with Crippen molar-refractivity contribution in [3.8, 4) is 0 Å². The first-order chi connectivity index (χ1) is 16.6. The molecule has 2 fully saturated rings. The van der Waals surface area contributed by atoms with Crippen LogP contribution in [0, 0.1) is 5.82 Å². The first-order valence-electron chi connectivity index (χ1n) is 11.5. The van der Waals surface area contributed by atoms with Gasteiger partial charge in [0.25, 0.3) is 0 Å². The Morgan fingerprint density at radius 2 is 1.80 bits per heavy atom. The zero-order chi connectivity index (χ0) is 25.2. The Labute approximate surface area is 200 Å². The van der Waals surface area contributed by atoms with Crippen molar-refractivity contribution in [2.75, 3.05) is 31.1 Å². The van der Waals surface area contributed by atoms with E-state index in [0.29, 0.717) is 30.9 Å². The van der Waals surface area contributed by atoms with Gasteiger partial charge in [-0.3, -0.25) is 14.6 Å². The maximum Gasteiger partial charge on any atom is 0.416 e. The molecule has 1 N–H and O–H groups in total. The number of amides is 2. The number of likely N-dealkylation sites (tertiary alicyclic amines) is 1. The highest BCUT2D eigenvalue weighted by Gasteiger charge is 2.33. The van der Waals surface area contributed by atoms with E-state index in [-0.39, 0.29) is 30.7 Å². The topological polar surface area (TPSA) is 61.9 Å². The molecule has 0 radical (unpaired) electrons. The van der Waals surface area contributed by atoms with Crippen molar-refractivity contribution in [2.45, 2.75) is 44.5 Å². The average Bonchev–Trinajstić information content (AvgIpc) is 3.18. The van der Waals surface area contributed by atoms with Crippen LogP contribution in [0.25, 0.3) is 0 Å². The lowest BCUT2D eigenvalue weighted by Crippen LogP contribution is -2.33. The van der Waals surface area contributed by atoms with Gasteiger partial charge in [-0.25, -0.2) is 9.18 Å². The number of nitrogens with one attached hydrogen (secondary N) is 1. The van der Waals surface area contributed by atoms with E-state index in [9.17, 15) is 22.8 Å². The van der Waals surface area contributed by atoms with E-state index in [4.69, 9.17) is 4.74 Å². The van der Waals surface area contributed by atoms with Crippen LogP contribution in [0.15, 0.2) is 42.5 Å². The molecular weight excluding hydrogens is 466 g/mol. The molecule has 2 aromatic rings. The summed E-state index contributed by atoms with van der Waals surface area (Å²) in [6.07, 6.45) is -3.98. The van der Waals surface area contributed by atoms with Crippen LogP contribution in [0.2, 0.25) is 0 Å². The highest BCUT2D eigenvalue weighted by molar-refractivity contribution is 5.89. The smallest absolute Gasteiger partial charge is 0.416 e. The Morgan fingerprint density at radius 3 is 2.40 bits per heavy atom. The third-order valence-electron chi connectivity index (χ3n) is 6.46. The van der Waals surface area contributed by atoms with Crippen LogP contribution in [0.4, 0.5) is 28.0 Å². The van der Waals surface area contributed by atoms with Crippen LogP contribution < -0.4 is 10.2 Å². The summed E-state index contributed by atoms with van der Waals surface area (Å²) < 4.78 is 58.5. The second-order valence-electron chi connectivity index (χ2n) is 9.00. The van der Waals surface area contributed by atoms with Crippen molar-refractivity contribution in [3.05, 3.63) is 65.0 Å². The van der Waals surface area contributed by atoms with E-state index >= 15 is 4.39 Å². The summed E-state index contributed by atoms with van der Waals surface area (Å²) in [5.74, 6) is -0.590. The first-order valence-corrected chi connectivity index (χ1v) is 11.5. The summed E-state index contributed by atoms with van der Waals surface area (Å²) >= 11 is 0. The minimum atomic E-state index is -4.35. The number of benzene rings is 2. The summed E-state index contributed by atoms with van der Waals surface area (Å²) in [4.78, 5) is 26.8. The summed E-state index contributed by atoms with van der Waals surface area (Å²) in [6, 6.07) is 9.93. The van der Waals surface area contributed by atoms with E-state index in [0.717, 1.165) is 30.5 Å². The number of carbonyl (C=O) groups excluding carboxylic acids is 2. The number of halogens is 4. The summed E-state index contributed by atoms with van der Waals surface area (Å²) in [7, 11) is 0. The molecule has 0 aliphatic carbocycles. The van der Waals surface area contributed by atoms with Crippen LogP contribution >= 0.6 is 0 Å². The lowest BCUT2D eigenvalue weighted by atomic mass is 9.88. The van der Waals surface area contributed by atoms with Gasteiger partial charge in [0, 0.05) is 13.5 Å². The quantitative estimate of drug-likeness (QED) is 0.594. The van der Waals surface area contributed by atoms with Gasteiger partial charge in [-0.05, 0) is 67.2 Å². The Hall–Kier alpha value is -3.14. The molecule has 188 valence electrons. The molecule has 2 aliphatic heterocycles. The van der Waals surface area contributed by atoms with E-state index in [1.807, 2.05) is 0 Å². The predicted octanol–water partition coefficient (Wildman–Crippen LogP) is 4.69. The van der Waals surface area contributed by atoms with Crippen LogP contribution in [-0.2, 0) is 22.3 Å². The van der Waals surface area contributed by atoms with Crippen molar-refractivity contribution in [2.24, 2.45) is 0 Å². The Morgan fingerprint density at radius 1 is 1.11 bits per heavy atom. The molecule has 0 bridgehead atoms. The molecule has 2 heterocycles. The fourth-order valence-electron chi connectivity index (χ4n) is 4.57. The predicted molar refractivity (Wildman–Crippen MR) is 121 cm³/mol. The van der Waals surface area contributed by atoms with Gasteiger partial charge in [-0.2, -0.15) is 13.2 Å². The summed E-state index contributed by atoms with van der Waals surface area (Å²) in [5, 5.41) is 2.60. The second-order valence-corrected chi connectivity index (χ2v) is 9.00. The van der Waals surface area contributed by atoms with Gasteiger partial charge in [0.2, 0.25) is 5.91 Å². The van der Waals surface area contributed by atoms with Crippen LogP contribution in [0.3, 0.4) is 0 Å². The summed E-state index contributed by atoms with van der Waals surface area (Å²) in [5.41, 5.74) is 1.14. The molecule has 0 aromatic heterocycles. The fourth-order valence-corrected chi connectivity index (χ4v) is 4.57. The molecule has 2 aromatic carbocycles. The van der Waals surface area contributed by atoms with Crippen molar-refractivity contribution >= 4 is 17.7 Å². The zero-order valence-electron chi connectivity index (χ0n) is 19.3. The molecule has 4 rings (SSSR count). The third-order valence-corrected chi connectivity index (χ3v) is 6.46. The highest BCUT2D eigenvalue weighted by Crippen LogP contribution is 2.34. The lowest BCUT2D eigenvalue weighted by molar-refractivity contribution is -0.137. The van der Waals surface area contributed by atoms with Crippen LogP contribution in [0.1, 0.15) is 42.4 Å². The number of hydrogen-bond acceptors (Lipinski definition) is 4. The average molecular weight is 494 g/mol. The molecule has 35 heavy (non-hydrogen) atoms. The Balaban J connectivity index is 1.32. The van der Waals surface area contributed by atoms with Crippen LogP contribution in [-0.4, -0.2) is 49.2 Å². The zero-order valence-corrected chi connectivity index (χ0v) is 19.3. The monoisotopic (exact) mass is 493 g/mol. The van der Waals surface area contributed by atoms with E-state index < -0.39 is 23.9 Å². The molecule has 1 atom stereocenters. The molecule has 2 aliphatic rings. The van der Waals surface area contributed by atoms with E-state index in [2.05, 4.69) is 10.2 Å². The van der Waals surface area contributed by atoms with Gasteiger partial charge in [0.1, 0.15) is 11.9 Å². The molecular formula is C25H27F4N3O3. The molecule has 10 heteroatoms. The number of cyclic esters (lactones) is 1. The SMILES string of the molecule is CC(=O)NCC1CN(c2ccc(C3CCN(Cc4ccc(C(F)(F)F)cc4)CC3)c(F)c2)C(=O)O1. The Kier molecular flexibility index (Phi) is 7.30. The highest BCUT2D eigenvalue weighted by atomic mass is 19.4. The van der Waals surface area contributed by atoms with Gasteiger partial charge in [0.05, 0.1) is 24.3 Å². The number of alkyl halides is 3. The minimum Gasteiger partial charge on any atom is -0.442 e. The number of piperidine rings is 1. The van der Waals surface area contributed by atoms with Gasteiger partial charge < -0.3 is 10.1 Å². The van der Waals surface area contributed by atoms with Crippen molar-refractivity contribution in [1.82, 2.24) is 10.2 Å². The van der Waals surface area contributed by atoms with Gasteiger partial charge in [-0.15, -0.1) is 0 Å². The fraction of sp³-hybridized carbons (Fsp3) is 0.440. The number of carbonyl (C=O) groups is 2. The minimum absolute atomic E-state index is 0.0194. The number of nitrogens with zero attached hydrogens (tertiary/aromatic N) is 2. The van der Waals surface area contributed by atoms with Crippen LogP contribution in [0.5, 0.6) is 0 Å². The second kappa shape index (κ2) is 10.2. The largest absolute Gasteiger partial charge is 0.442 e. The lowest BCUT2D eigenvalue weighted by Gasteiger charge is -2.32. The number of rotatable bonds is 6. The van der Waals surface area contributed by atoms with E-state index in [1.54, 1.807) is 12.1 Å². The molecule has 6 nitrogen and oxygen atoms in total. The van der Waals surface area contributed by atoms with Gasteiger partial charge in [-0.1, -0.05) is 18.2 Å². The van der Waals surface area contributed by atoms with Crippen molar-refractivity contribution in [1.29, 1.82) is 0 Å². The number of hydrogen-bond donors (Lipinski definition) is 1. The maximum absolute atomic E-state index is 15.0. The maximum atomic E-state index is 15.0. The molecule has 0 saturated carbocycles. The number of anilines is 1. The van der Waals surface area contributed by atoms with Crippen molar-refractivity contribution < 1.29 is 31.9 Å². The summed E-state index contributed by atoms with van der Waals surface area (Å²) in [6.45, 7) is 3.75. The standard InChI is InChI=1S/C25H27F4N3O3/c1-16(33)30-13-21-15-32(24(34)35-21)20-6-7-22(23(26)12-20)18-8-10-31(11-9-18)14-17-2-4-19(5-3-17)25(27,28)29/h2-7,12,18,21H,8-11,13-15H2,1H3,(H,30,33). The molecule has 0 spiro atoms. The van der Waals surface area contributed by atoms with Crippen molar-refractivity contribution in [3.63, 3.8) is 0 Å². The first kappa shape index (κ1) is 25.0. The number of ether oxygens (including phenoxy) is 1. The Bertz CT molecular complexity index is 1070. The third kappa shape index (κ3) is 6.11. The van der Waals surface area contributed by atoms with Gasteiger partial charge >= 0.3 is 12.3 Å².